The third-order valence-corrected chi connectivity index (χ3v) is 8.16. The van der Waals surface area contributed by atoms with Gasteiger partial charge in [-0.3, -0.25) is 9.59 Å². The maximum atomic E-state index is 13.3. The van der Waals surface area contributed by atoms with Crippen molar-refractivity contribution in [2.45, 2.75) is 69.1 Å². The van der Waals surface area contributed by atoms with Crippen molar-refractivity contribution < 1.29 is 28.9 Å². The Bertz CT molecular complexity index is 1440. The molecule has 11 nitrogen and oxygen atoms in total. The molecule has 11 heteroatoms. The number of carbonyl (C=O) groups excluding carboxylic acids is 2. The molecule has 2 aromatic heterocycles. The fourth-order valence-electron chi connectivity index (χ4n) is 5.40. The second-order valence-corrected chi connectivity index (χ2v) is 11.1. The zero-order valence-corrected chi connectivity index (χ0v) is 21.5. The first-order chi connectivity index (χ1) is 19.0. The number of nitrogens with one attached hydrogen (secondary N) is 3. The van der Waals surface area contributed by atoms with Crippen molar-refractivity contribution in [3.8, 4) is 28.5 Å². The summed E-state index contributed by atoms with van der Waals surface area (Å²) >= 11 is 0. The van der Waals surface area contributed by atoms with Crippen LogP contribution >= 0.6 is 0 Å². The minimum absolute atomic E-state index is 0.00807. The van der Waals surface area contributed by atoms with Gasteiger partial charge in [-0.1, -0.05) is 0 Å². The number of fused-ring (bicyclic) bond motifs is 2. The summed E-state index contributed by atoms with van der Waals surface area (Å²) in [4.78, 5) is 37.7. The molecule has 3 fully saturated rings. The van der Waals surface area contributed by atoms with Gasteiger partial charge in [-0.05, 0) is 69.4 Å². The number of hydrogen-bond donors (Lipinski definition) is 4. The van der Waals surface area contributed by atoms with Crippen LogP contribution in [0.5, 0.6) is 17.2 Å². The number of nitrogens with zero attached hydrogens (tertiary/aromatic N) is 2. The number of hydrogen-bond acceptors (Lipinski definition) is 8. The van der Waals surface area contributed by atoms with Gasteiger partial charge in [0, 0.05) is 18.3 Å². The molecule has 3 aliphatic carbocycles. The van der Waals surface area contributed by atoms with Gasteiger partial charge in [-0.2, -0.15) is 0 Å². The van der Waals surface area contributed by atoms with E-state index in [1.54, 1.807) is 6.20 Å². The van der Waals surface area contributed by atoms with Gasteiger partial charge in [0.05, 0.1) is 23.3 Å². The molecule has 0 spiro atoms. The molecule has 0 radical (unpaired) electrons. The van der Waals surface area contributed by atoms with E-state index in [4.69, 9.17) is 14.2 Å². The molecule has 39 heavy (non-hydrogen) atoms. The molecule has 3 saturated carbocycles. The normalized spacial score (nSPS) is 22.9. The van der Waals surface area contributed by atoms with E-state index in [-0.39, 0.29) is 30.7 Å². The fraction of sp³-hybridized carbons (Fsp3) is 0.500. The topological polar surface area (TPSA) is 148 Å². The second-order valence-electron chi connectivity index (χ2n) is 11.1. The number of amides is 2. The van der Waals surface area contributed by atoms with Gasteiger partial charge in [0.1, 0.15) is 28.9 Å². The predicted molar refractivity (Wildman–Crippen MR) is 140 cm³/mol. The number of ether oxygens (including phenoxy) is 3. The first-order valence-corrected chi connectivity index (χ1v) is 13.7. The van der Waals surface area contributed by atoms with Crippen LogP contribution in [0.25, 0.3) is 22.3 Å². The summed E-state index contributed by atoms with van der Waals surface area (Å²) in [5.41, 5.74) is 1.67. The van der Waals surface area contributed by atoms with Crippen molar-refractivity contribution in [2.75, 3.05) is 13.4 Å². The Morgan fingerprint density at radius 1 is 1.05 bits per heavy atom. The lowest BCUT2D eigenvalue weighted by Crippen LogP contribution is -2.47. The van der Waals surface area contributed by atoms with Gasteiger partial charge in [0.2, 0.25) is 6.79 Å². The highest BCUT2D eigenvalue weighted by atomic mass is 16.7. The van der Waals surface area contributed by atoms with Crippen LogP contribution < -0.4 is 24.8 Å². The van der Waals surface area contributed by atoms with Crippen LogP contribution in [0.1, 0.15) is 61.7 Å². The summed E-state index contributed by atoms with van der Waals surface area (Å²) in [7, 11) is 0. The lowest BCUT2D eigenvalue weighted by Gasteiger charge is -2.30. The van der Waals surface area contributed by atoms with Crippen molar-refractivity contribution in [2.24, 2.45) is 5.92 Å². The third-order valence-electron chi connectivity index (χ3n) is 8.16. The van der Waals surface area contributed by atoms with E-state index in [1.165, 1.54) is 19.2 Å². The standard InChI is InChI=1S/C28H31N5O6/c34-26(32-16-3-5-17(6-4-16)33-27(35)28(36)9-10-28)18-11-29-24-22(18)30-13-31-23(24)21-19(37-12-15-1-2-15)7-8-20-25(21)39-14-38-20/h7-8,11,13,15-17,29,36H,1-6,9-10,12,14H2,(H,32,34)(H,33,35)/t16-,17+. The Morgan fingerprint density at radius 3 is 2.56 bits per heavy atom. The molecular weight excluding hydrogens is 502 g/mol. The van der Waals surface area contributed by atoms with E-state index in [2.05, 4.69) is 25.6 Å². The van der Waals surface area contributed by atoms with E-state index >= 15 is 0 Å². The Balaban J connectivity index is 1.09. The lowest BCUT2D eigenvalue weighted by atomic mass is 9.90. The van der Waals surface area contributed by atoms with Crippen LogP contribution in [-0.2, 0) is 4.79 Å². The molecule has 0 unspecified atom stereocenters. The predicted octanol–water partition coefficient (Wildman–Crippen LogP) is 2.82. The highest BCUT2D eigenvalue weighted by Gasteiger charge is 2.48. The summed E-state index contributed by atoms with van der Waals surface area (Å²) in [6.07, 6.45) is 9.49. The average molecular weight is 534 g/mol. The number of aliphatic hydroxyl groups is 1. The van der Waals surface area contributed by atoms with E-state index in [9.17, 15) is 14.7 Å². The Kier molecular flexibility index (Phi) is 5.84. The molecule has 7 rings (SSSR count). The molecule has 1 aliphatic heterocycles. The van der Waals surface area contributed by atoms with Crippen molar-refractivity contribution in [1.29, 1.82) is 0 Å². The molecule has 4 N–H and O–H groups in total. The highest BCUT2D eigenvalue weighted by molar-refractivity contribution is 6.08. The van der Waals surface area contributed by atoms with Crippen LogP contribution in [0.3, 0.4) is 0 Å². The first-order valence-electron chi connectivity index (χ1n) is 13.7. The van der Waals surface area contributed by atoms with Crippen LogP contribution in [0.2, 0.25) is 0 Å². The molecule has 0 saturated heterocycles. The fourth-order valence-corrected chi connectivity index (χ4v) is 5.40. The second kappa shape index (κ2) is 9.41. The highest BCUT2D eigenvalue weighted by Crippen LogP contribution is 2.48. The third kappa shape index (κ3) is 4.64. The van der Waals surface area contributed by atoms with Crippen LogP contribution in [0.15, 0.2) is 24.7 Å². The number of carbonyl (C=O) groups is 2. The summed E-state index contributed by atoms with van der Waals surface area (Å²) in [6, 6.07) is 3.73. The summed E-state index contributed by atoms with van der Waals surface area (Å²) in [5, 5.41) is 16.1. The Hall–Kier alpha value is -3.86. The minimum Gasteiger partial charge on any atom is -0.492 e. The Labute approximate surface area is 224 Å². The average Bonchev–Trinajstić information content (AvgIpc) is 3.82. The van der Waals surface area contributed by atoms with Crippen molar-refractivity contribution in [3.05, 3.63) is 30.2 Å². The number of benzene rings is 1. The molecule has 1 aromatic carbocycles. The van der Waals surface area contributed by atoms with Crippen molar-refractivity contribution in [1.82, 2.24) is 25.6 Å². The molecule has 2 amide bonds. The van der Waals surface area contributed by atoms with Gasteiger partial charge >= 0.3 is 0 Å². The molecule has 0 atom stereocenters. The number of rotatable bonds is 8. The van der Waals surface area contributed by atoms with Crippen molar-refractivity contribution in [3.63, 3.8) is 0 Å². The summed E-state index contributed by atoms with van der Waals surface area (Å²) in [6.45, 7) is 0.750. The summed E-state index contributed by atoms with van der Waals surface area (Å²) in [5.74, 6) is 1.94. The van der Waals surface area contributed by atoms with Gasteiger partial charge < -0.3 is 34.9 Å². The van der Waals surface area contributed by atoms with E-state index in [1.807, 2.05) is 12.1 Å². The minimum atomic E-state index is -1.16. The van der Waals surface area contributed by atoms with Crippen LogP contribution in [-0.4, -0.2) is 63.0 Å². The molecule has 3 aromatic rings. The van der Waals surface area contributed by atoms with Crippen molar-refractivity contribution >= 4 is 22.8 Å². The number of aromatic nitrogens is 3. The first kappa shape index (κ1) is 24.2. The van der Waals surface area contributed by atoms with Gasteiger partial charge in [0.25, 0.3) is 11.8 Å². The van der Waals surface area contributed by atoms with Gasteiger partial charge in [0.15, 0.2) is 11.5 Å². The molecular formula is C28H31N5O6. The Morgan fingerprint density at radius 2 is 1.82 bits per heavy atom. The van der Waals surface area contributed by atoms with Gasteiger partial charge in [-0.15, -0.1) is 0 Å². The van der Waals surface area contributed by atoms with Gasteiger partial charge in [-0.25, -0.2) is 9.97 Å². The van der Waals surface area contributed by atoms with E-state index in [0.717, 1.165) is 25.7 Å². The largest absolute Gasteiger partial charge is 0.492 e. The molecule has 204 valence electrons. The lowest BCUT2D eigenvalue weighted by molar-refractivity contribution is -0.132. The van der Waals surface area contributed by atoms with E-state index in [0.29, 0.717) is 70.5 Å². The van der Waals surface area contributed by atoms with Crippen LogP contribution in [0, 0.1) is 5.92 Å². The quantitative estimate of drug-likeness (QED) is 0.346. The molecule has 4 aliphatic rings. The zero-order chi connectivity index (χ0) is 26.6. The number of aromatic amines is 1. The molecule has 3 heterocycles. The van der Waals surface area contributed by atoms with E-state index < -0.39 is 5.60 Å². The maximum absolute atomic E-state index is 13.3. The zero-order valence-electron chi connectivity index (χ0n) is 21.5. The number of H-pyrrole nitrogens is 1. The maximum Gasteiger partial charge on any atom is 0.255 e. The summed E-state index contributed by atoms with van der Waals surface area (Å²) < 4.78 is 17.6. The monoisotopic (exact) mass is 533 g/mol. The molecule has 0 bridgehead atoms. The SMILES string of the molecule is O=C(N[C@H]1CC[C@@H](NC(=O)C2(O)CC2)CC1)c1c[nH]c2c(-c3c(OCC4CC4)ccc4c3OCO4)ncnc12. The smallest absolute Gasteiger partial charge is 0.255 e. The van der Waals surface area contributed by atoms with Crippen LogP contribution in [0.4, 0.5) is 0 Å².